The molecule has 3 rings (SSSR count). The summed E-state index contributed by atoms with van der Waals surface area (Å²) in [4.78, 5) is 14.4. The SMILES string of the molecule is C[C@H]1CCCN(C(=O)c2cc(-c3ccc(Br)cc3)n[nH]2)C1. The van der Waals surface area contributed by atoms with E-state index >= 15 is 0 Å². The van der Waals surface area contributed by atoms with Crippen LogP contribution >= 0.6 is 15.9 Å². The molecule has 0 saturated carbocycles. The quantitative estimate of drug-likeness (QED) is 0.899. The van der Waals surface area contributed by atoms with E-state index in [9.17, 15) is 4.79 Å². The number of hydrogen-bond acceptors (Lipinski definition) is 2. The van der Waals surface area contributed by atoms with Gasteiger partial charge in [-0.25, -0.2) is 0 Å². The summed E-state index contributed by atoms with van der Waals surface area (Å²) in [6, 6.07) is 9.75. The lowest BCUT2D eigenvalue weighted by molar-refractivity contribution is 0.0677. The van der Waals surface area contributed by atoms with Gasteiger partial charge in [0.1, 0.15) is 5.69 Å². The highest BCUT2D eigenvalue weighted by Crippen LogP contribution is 2.22. The summed E-state index contributed by atoms with van der Waals surface area (Å²) in [5.41, 5.74) is 2.37. The van der Waals surface area contributed by atoms with Gasteiger partial charge < -0.3 is 4.90 Å². The molecule has 4 nitrogen and oxygen atoms in total. The number of piperidine rings is 1. The summed E-state index contributed by atoms with van der Waals surface area (Å²) >= 11 is 3.42. The van der Waals surface area contributed by atoms with Crippen molar-refractivity contribution in [3.63, 3.8) is 0 Å². The molecule has 1 aromatic heterocycles. The second kappa shape index (κ2) is 6.02. The molecule has 1 N–H and O–H groups in total. The Hall–Kier alpha value is -1.62. The molecule has 1 aliphatic rings. The van der Waals surface area contributed by atoms with Crippen LogP contribution in [0.25, 0.3) is 11.3 Å². The van der Waals surface area contributed by atoms with E-state index < -0.39 is 0 Å². The van der Waals surface area contributed by atoms with Crippen LogP contribution in [0.5, 0.6) is 0 Å². The first-order valence-electron chi connectivity index (χ1n) is 7.24. The van der Waals surface area contributed by atoms with E-state index in [-0.39, 0.29) is 5.91 Å². The van der Waals surface area contributed by atoms with E-state index in [0.717, 1.165) is 35.2 Å². The molecule has 1 aromatic carbocycles. The second-order valence-electron chi connectivity index (χ2n) is 5.67. The van der Waals surface area contributed by atoms with Crippen molar-refractivity contribution in [1.29, 1.82) is 0 Å². The Morgan fingerprint density at radius 2 is 2.14 bits per heavy atom. The van der Waals surface area contributed by atoms with E-state index in [2.05, 4.69) is 33.1 Å². The molecule has 0 radical (unpaired) electrons. The van der Waals surface area contributed by atoms with Gasteiger partial charge in [-0.1, -0.05) is 35.0 Å². The molecular weight excluding hydrogens is 330 g/mol. The van der Waals surface area contributed by atoms with Crippen LogP contribution in [-0.2, 0) is 0 Å². The average molecular weight is 348 g/mol. The number of nitrogens with zero attached hydrogens (tertiary/aromatic N) is 2. The zero-order valence-electron chi connectivity index (χ0n) is 12.0. The summed E-state index contributed by atoms with van der Waals surface area (Å²) in [5, 5.41) is 7.14. The fourth-order valence-corrected chi connectivity index (χ4v) is 3.01. The number of hydrogen-bond donors (Lipinski definition) is 1. The number of amides is 1. The first-order valence-corrected chi connectivity index (χ1v) is 8.03. The van der Waals surface area contributed by atoms with Gasteiger partial charge in [0.05, 0.1) is 5.69 Å². The van der Waals surface area contributed by atoms with Gasteiger partial charge in [-0.3, -0.25) is 9.89 Å². The average Bonchev–Trinajstić information content (AvgIpc) is 2.97. The van der Waals surface area contributed by atoms with E-state index in [0.29, 0.717) is 11.6 Å². The summed E-state index contributed by atoms with van der Waals surface area (Å²) in [5.74, 6) is 0.633. The van der Waals surface area contributed by atoms with Crippen LogP contribution in [0, 0.1) is 5.92 Å². The minimum absolute atomic E-state index is 0.0532. The Balaban J connectivity index is 1.78. The number of aromatic nitrogens is 2. The summed E-state index contributed by atoms with van der Waals surface area (Å²) < 4.78 is 1.03. The van der Waals surface area contributed by atoms with Crippen LogP contribution in [0.3, 0.4) is 0 Å². The summed E-state index contributed by atoms with van der Waals surface area (Å²) in [6.45, 7) is 3.88. The predicted molar refractivity (Wildman–Crippen MR) is 86.0 cm³/mol. The number of H-pyrrole nitrogens is 1. The summed E-state index contributed by atoms with van der Waals surface area (Å²) in [7, 11) is 0. The molecule has 110 valence electrons. The van der Waals surface area contributed by atoms with E-state index in [4.69, 9.17) is 0 Å². The largest absolute Gasteiger partial charge is 0.337 e. The second-order valence-corrected chi connectivity index (χ2v) is 6.59. The molecule has 2 aromatic rings. The van der Waals surface area contributed by atoms with Crippen LogP contribution in [-0.4, -0.2) is 34.1 Å². The van der Waals surface area contributed by atoms with Crippen LogP contribution in [0.2, 0.25) is 0 Å². The Morgan fingerprint density at radius 1 is 1.38 bits per heavy atom. The minimum atomic E-state index is 0.0532. The standard InChI is InChI=1S/C16H18BrN3O/c1-11-3-2-8-20(10-11)16(21)15-9-14(18-19-15)12-4-6-13(17)7-5-12/h4-7,9,11H,2-3,8,10H2,1H3,(H,18,19)/t11-/m0/s1. The monoisotopic (exact) mass is 347 g/mol. The topological polar surface area (TPSA) is 49.0 Å². The third kappa shape index (κ3) is 3.18. The van der Waals surface area contributed by atoms with Crippen molar-refractivity contribution in [3.8, 4) is 11.3 Å². The van der Waals surface area contributed by atoms with Gasteiger partial charge >= 0.3 is 0 Å². The number of carbonyl (C=O) groups is 1. The van der Waals surface area contributed by atoms with E-state index in [1.54, 1.807) is 0 Å². The molecule has 2 heterocycles. The molecule has 0 aliphatic carbocycles. The lowest BCUT2D eigenvalue weighted by Gasteiger charge is -2.30. The maximum Gasteiger partial charge on any atom is 0.271 e. The Bertz CT molecular complexity index is 635. The lowest BCUT2D eigenvalue weighted by Crippen LogP contribution is -2.39. The Morgan fingerprint density at radius 3 is 2.86 bits per heavy atom. The van der Waals surface area contributed by atoms with Crippen molar-refractivity contribution in [3.05, 3.63) is 40.5 Å². The molecule has 0 spiro atoms. The van der Waals surface area contributed by atoms with Gasteiger partial charge in [0, 0.05) is 23.1 Å². The van der Waals surface area contributed by atoms with E-state index in [1.807, 2.05) is 35.2 Å². The normalized spacial score (nSPS) is 18.8. The molecule has 5 heteroatoms. The third-order valence-electron chi connectivity index (χ3n) is 3.89. The van der Waals surface area contributed by atoms with Gasteiger partial charge in [-0.2, -0.15) is 5.10 Å². The van der Waals surface area contributed by atoms with Crippen molar-refractivity contribution >= 4 is 21.8 Å². The molecule has 1 saturated heterocycles. The smallest absolute Gasteiger partial charge is 0.271 e. The first-order chi connectivity index (χ1) is 10.1. The number of halogens is 1. The number of benzene rings is 1. The minimum Gasteiger partial charge on any atom is -0.337 e. The fourth-order valence-electron chi connectivity index (χ4n) is 2.74. The summed E-state index contributed by atoms with van der Waals surface area (Å²) in [6.07, 6.45) is 2.29. The van der Waals surface area contributed by atoms with Gasteiger partial charge in [0.25, 0.3) is 5.91 Å². The highest BCUT2D eigenvalue weighted by Gasteiger charge is 2.23. The number of likely N-dealkylation sites (tertiary alicyclic amines) is 1. The fraction of sp³-hybridized carbons (Fsp3) is 0.375. The van der Waals surface area contributed by atoms with Crippen molar-refractivity contribution in [2.24, 2.45) is 5.92 Å². The number of rotatable bonds is 2. The molecule has 1 aliphatic heterocycles. The van der Waals surface area contributed by atoms with Crippen LogP contribution < -0.4 is 0 Å². The number of aromatic amines is 1. The van der Waals surface area contributed by atoms with Crippen molar-refractivity contribution in [1.82, 2.24) is 15.1 Å². The molecule has 1 atom stereocenters. The highest BCUT2D eigenvalue weighted by molar-refractivity contribution is 9.10. The molecule has 1 fully saturated rings. The van der Waals surface area contributed by atoms with Gasteiger partial charge in [0.15, 0.2) is 0 Å². The first kappa shape index (κ1) is 14.3. The maximum absolute atomic E-state index is 12.5. The van der Waals surface area contributed by atoms with Crippen molar-refractivity contribution < 1.29 is 4.79 Å². The van der Waals surface area contributed by atoms with Crippen LogP contribution in [0.1, 0.15) is 30.3 Å². The zero-order chi connectivity index (χ0) is 14.8. The Kier molecular flexibility index (Phi) is 4.10. The van der Waals surface area contributed by atoms with Gasteiger partial charge in [-0.15, -0.1) is 0 Å². The molecule has 0 unspecified atom stereocenters. The molecule has 0 bridgehead atoms. The maximum atomic E-state index is 12.5. The van der Waals surface area contributed by atoms with E-state index in [1.165, 1.54) is 6.42 Å². The molecule has 1 amide bonds. The number of carbonyl (C=O) groups excluding carboxylic acids is 1. The molecule has 21 heavy (non-hydrogen) atoms. The van der Waals surface area contributed by atoms with Gasteiger partial charge in [-0.05, 0) is 37.0 Å². The number of nitrogens with one attached hydrogen (secondary N) is 1. The van der Waals surface area contributed by atoms with Gasteiger partial charge in [0.2, 0.25) is 0 Å². The van der Waals surface area contributed by atoms with Crippen molar-refractivity contribution in [2.45, 2.75) is 19.8 Å². The molecular formula is C16H18BrN3O. The highest BCUT2D eigenvalue weighted by atomic mass is 79.9. The zero-order valence-corrected chi connectivity index (χ0v) is 13.6. The van der Waals surface area contributed by atoms with Crippen LogP contribution in [0.15, 0.2) is 34.8 Å². The Labute approximate surface area is 132 Å². The lowest BCUT2D eigenvalue weighted by atomic mass is 10.00. The third-order valence-corrected chi connectivity index (χ3v) is 4.42. The van der Waals surface area contributed by atoms with Crippen molar-refractivity contribution in [2.75, 3.05) is 13.1 Å². The van der Waals surface area contributed by atoms with Crippen LogP contribution in [0.4, 0.5) is 0 Å². The predicted octanol–water partition coefficient (Wildman–Crippen LogP) is 3.71.